The van der Waals surface area contributed by atoms with Gasteiger partial charge in [-0.05, 0) is 48.6 Å². The standard InChI is InChI=1S/C23H19ClN6O2S/c1-32-17-13-11-16(12-14-17)30-21(26-20(27-23(30)33)15-7-3-2-4-8-15)28-29-22(31)25-19-10-6-5-9-18(19)24/h2-14H,1H3,(H2,25,29,31)(H,26,27,28,33). The van der Waals surface area contributed by atoms with Gasteiger partial charge < -0.3 is 10.1 Å². The van der Waals surface area contributed by atoms with E-state index >= 15 is 0 Å². The number of amides is 2. The normalized spacial score (nSPS) is 10.4. The van der Waals surface area contributed by atoms with Crippen LogP contribution in [0.4, 0.5) is 16.4 Å². The van der Waals surface area contributed by atoms with Crippen molar-refractivity contribution >= 4 is 41.5 Å². The maximum absolute atomic E-state index is 12.5. The Morgan fingerprint density at radius 3 is 2.36 bits per heavy atom. The summed E-state index contributed by atoms with van der Waals surface area (Å²) in [5.41, 5.74) is 7.36. The van der Waals surface area contributed by atoms with Gasteiger partial charge in [0.15, 0.2) is 5.82 Å². The molecule has 0 saturated heterocycles. The van der Waals surface area contributed by atoms with Crippen molar-refractivity contribution in [2.24, 2.45) is 0 Å². The number of hydrazine groups is 1. The van der Waals surface area contributed by atoms with Crippen LogP contribution in [0, 0.1) is 4.77 Å². The molecule has 8 nitrogen and oxygen atoms in total. The second kappa shape index (κ2) is 10.1. The lowest BCUT2D eigenvalue weighted by Gasteiger charge is -2.16. The molecule has 0 atom stereocenters. The highest BCUT2D eigenvalue weighted by molar-refractivity contribution is 7.71. The molecule has 166 valence electrons. The highest BCUT2D eigenvalue weighted by atomic mass is 35.5. The van der Waals surface area contributed by atoms with Gasteiger partial charge in [-0.25, -0.2) is 10.2 Å². The van der Waals surface area contributed by atoms with Crippen molar-refractivity contribution in [3.8, 4) is 22.8 Å². The molecule has 0 unspecified atom stereocenters. The molecule has 33 heavy (non-hydrogen) atoms. The Morgan fingerprint density at radius 1 is 0.970 bits per heavy atom. The van der Waals surface area contributed by atoms with Crippen LogP contribution < -0.4 is 20.9 Å². The Kier molecular flexibility index (Phi) is 6.82. The minimum Gasteiger partial charge on any atom is -0.497 e. The van der Waals surface area contributed by atoms with Crippen molar-refractivity contribution in [3.05, 3.63) is 88.7 Å². The molecule has 10 heteroatoms. The molecule has 0 bridgehead atoms. The number of methoxy groups -OCH3 is 1. The van der Waals surface area contributed by atoms with Gasteiger partial charge in [0.2, 0.25) is 10.7 Å². The van der Waals surface area contributed by atoms with Gasteiger partial charge >= 0.3 is 6.03 Å². The van der Waals surface area contributed by atoms with Gasteiger partial charge in [-0.1, -0.05) is 54.1 Å². The molecule has 0 aliphatic heterocycles. The molecule has 2 amide bonds. The predicted molar refractivity (Wildman–Crippen MR) is 131 cm³/mol. The van der Waals surface area contributed by atoms with Crippen LogP contribution in [0.3, 0.4) is 0 Å². The van der Waals surface area contributed by atoms with E-state index in [-0.39, 0.29) is 10.7 Å². The number of anilines is 2. The van der Waals surface area contributed by atoms with Crippen LogP contribution in [0.15, 0.2) is 78.9 Å². The van der Waals surface area contributed by atoms with Gasteiger partial charge in [0, 0.05) is 5.56 Å². The summed E-state index contributed by atoms with van der Waals surface area (Å²) in [6.45, 7) is 0. The minimum absolute atomic E-state index is 0.254. The van der Waals surface area contributed by atoms with Crippen LogP contribution in [0.25, 0.3) is 17.1 Å². The number of para-hydroxylation sites is 1. The maximum atomic E-state index is 12.5. The number of carbonyl (C=O) groups is 1. The zero-order chi connectivity index (χ0) is 23.2. The van der Waals surface area contributed by atoms with Crippen LogP contribution in [0.2, 0.25) is 5.02 Å². The third-order valence-corrected chi connectivity index (χ3v) is 5.19. The molecular formula is C23H19ClN6O2S. The fourth-order valence-electron chi connectivity index (χ4n) is 3.00. The Hall–Kier alpha value is -3.95. The first-order chi connectivity index (χ1) is 16.0. The molecule has 0 aliphatic rings. The molecule has 4 rings (SSSR count). The van der Waals surface area contributed by atoms with Crippen molar-refractivity contribution < 1.29 is 9.53 Å². The average Bonchev–Trinajstić information content (AvgIpc) is 2.84. The summed E-state index contributed by atoms with van der Waals surface area (Å²) in [7, 11) is 1.59. The first-order valence-corrected chi connectivity index (χ1v) is 10.6. The number of rotatable bonds is 6. The fraction of sp³-hybridized carbons (Fsp3) is 0.0435. The van der Waals surface area contributed by atoms with Crippen molar-refractivity contribution in [1.29, 1.82) is 0 Å². The lowest BCUT2D eigenvalue weighted by molar-refractivity contribution is 0.253. The summed E-state index contributed by atoms with van der Waals surface area (Å²) in [6.07, 6.45) is 0. The van der Waals surface area contributed by atoms with Crippen LogP contribution in [-0.4, -0.2) is 27.7 Å². The summed E-state index contributed by atoms with van der Waals surface area (Å²) in [5, 5.41) is 3.09. The van der Waals surface area contributed by atoms with Gasteiger partial charge in [-0.3, -0.25) is 9.99 Å². The van der Waals surface area contributed by atoms with Crippen LogP contribution >= 0.6 is 23.8 Å². The third-order valence-electron chi connectivity index (χ3n) is 4.59. The summed E-state index contributed by atoms with van der Waals surface area (Å²) in [6, 6.07) is 23.0. The van der Waals surface area contributed by atoms with E-state index < -0.39 is 6.03 Å². The molecule has 1 heterocycles. The van der Waals surface area contributed by atoms with Crippen LogP contribution in [0.1, 0.15) is 0 Å². The van der Waals surface area contributed by atoms with Crippen molar-refractivity contribution in [3.63, 3.8) is 0 Å². The number of urea groups is 1. The second-order valence-electron chi connectivity index (χ2n) is 6.74. The Labute approximate surface area is 200 Å². The number of hydrogen-bond donors (Lipinski definition) is 3. The molecule has 3 aromatic carbocycles. The van der Waals surface area contributed by atoms with Crippen LogP contribution in [0.5, 0.6) is 5.75 Å². The highest BCUT2D eigenvalue weighted by Gasteiger charge is 2.13. The molecule has 4 aromatic rings. The second-order valence-corrected chi connectivity index (χ2v) is 7.51. The summed E-state index contributed by atoms with van der Waals surface area (Å²) in [4.78, 5) is 21.5. The number of ether oxygens (including phenoxy) is 1. The lowest BCUT2D eigenvalue weighted by atomic mass is 10.2. The fourth-order valence-corrected chi connectivity index (χ4v) is 3.46. The summed E-state index contributed by atoms with van der Waals surface area (Å²) < 4.78 is 7.09. The summed E-state index contributed by atoms with van der Waals surface area (Å²) >= 11 is 11.7. The zero-order valence-electron chi connectivity index (χ0n) is 17.4. The van der Waals surface area contributed by atoms with Crippen LogP contribution in [-0.2, 0) is 0 Å². The van der Waals surface area contributed by atoms with Gasteiger partial charge in [-0.15, -0.1) is 0 Å². The number of carbonyl (C=O) groups excluding carboxylic acids is 1. The molecule has 3 N–H and O–H groups in total. The maximum Gasteiger partial charge on any atom is 0.337 e. The van der Waals surface area contributed by atoms with Gasteiger partial charge in [0.05, 0.1) is 23.5 Å². The third kappa shape index (κ3) is 5.28. The van der Waals surface area contributed by atoms with E-state index in [1.165, 1.54) is 0 Å². The topological polar surface area (TPSA) is 93.1 Å². The van der Waals surface area contributed by atoms with Crippen molar-refractivity contribution in [2.75, 3.05) is 17.9 Å². The lowest BCUT2D eigenvalue weighted by Crippen LogP contribution is -2.35. The number of aromatic nitrogens is 3. The molecule has 0 saturated carbocycles. The average molecular weight is 479 g/mol. The first kappa shape index (κ1) is 22.3. The molecule has 0 aliphatic carbocycles. The van der Waals surface area contributed by atoms with Crippen molar-refractivity contribution in [2.45, 2.75) is 0 Å². The zero-order valence-corrected chi connectivity index (χ0v) is 19.0. The minimum atomic E-state index is -0.532. The largest absolute Gasteiger partial charge is 0.497 e. The monoisotopic (exact) mass is 478 g/mol. The number of nitrogens with one attached hydrogen (secondary N) is 3. The van der Waals surface area contributed by atoms with Gasteiger partial charge in [-0.2, -0.15) is 9.97 Å². The highest BCUT2D eigenvalue weighted by Crippen LogP contribution is 2.22. The van der Waals surface area contributed by atoms with E-state index in [1.54, 1.807) is 48.1 Å². The predicted octanol–water partition coefficient (Wildman–Crippen LogP) is 5.47. The summed E-state index contributed by atoms with van der Waals surface area (Å²) in [5.74, 6) is 1.38. The SMILES string of the molecule is COc1ccc(-n2c(NNC(=O)Nc3ccccc3Cl)nc(-c3ccccc3)nc2=S)cc1. The number of nitrogens with zero attached hydrogens (tertiary/aromatic N) is 3. The quantitative estimate of drug-likeness (QED) is 0.251. The molecular weight excluding hydrogens is 460 g/mol. The van der Waals surface area contributed by atoms with E-state index in [0.717, 1.165) is 5.56 Å². The smallest absolute Gasteiger partial charge is 0.337 e. The van der Waals surface area contributed by atoms with Gasteiger partial charge in [0.25, 0.3) is 0 Å². The number of halogens is 1. The van der Waals surface area contributed by atoms with Gasteiger partial charge in [0.1, 0.15) is 5.75 Å². The van der Waals surface area contributed by atoms with E-state index in [9.17, 15) is 4.79 Å². The Bertz CT molecular complexity index is 1330. The molecule has 0 radical (unpaired) electrons. The molecule has 1 aromatic heterocycles. The Morgan fingerprint density at radius 2 is 1.67 bits per heavy atom. The van der Waals surface area contributed by atoms with E-state index in [4.69, 9.17) is 28.6 Å². The molecule has 0 fully saturated rings. The van der Waals surface area contributed by atoms with Crippen molar-refractivity contribution in [1.82, 2.24) is 20.0 Å². The van der Waals surface area contributed by atoms with E-state index in [1.807, 2.05) is 42.5 Å². The van der Waals surface area contributed by atoms with E-state index in [0.29, 0.717) is 28.0 Å². The number of benzene rings is 3. The Balaban J connectivity index is 1.67. The van der Waals surface area contributed by atoms with E-state index in [2.05, 4.69) is 26.1 Å². The first-order valence-electron chi connectivity index (χ1n) is 9.83. The molecule has 0 spiro atoms. The number of hydrogen-bond acceptors (Lipinski definition) is 6.